The first kappa shape index (κ1) is 12.0. The number of hydrogen-bond donors (Lipinski definition) is 1. The molecule has 0 amide bonds. The van der Waals surface area contributed by atoms with Crippen molar-refractivity contribution in [3.8, 4) is 5.75 Å². The topological polar surface area (TPSA) is 33.1 Å². The summed E-state index contributed by atoms with van der Waals surface area (Å²) in [7, 11) is 0. The van der Waals surface area contributed by atoms with Crippen LogP contribution < -0.4 is 0 Å². The first-order valence-corrected chi connectivity index (χ1v) is 5.20. The zero-order valence-corrected chi connectivity index (χ0v) is 10.9. The standard InChI is InChI=1S/C9H5Br2NO.Ni/c10-6-4-7(11)9(13)8-5(6)2-1-3-12-8;/h1-4,13H;. The van der Waals surface area contributed by atoms with Gasteiger partial charge >= 0.3 is 0 Å². The van der Waals surface area contributed by atoms with E-state index in [0.29, 0.717) is 9.99 Å². The minimum absolute atomic E-state index is 0. The molecule has 0 aliphatic heterocycles. The minimum Gasteiger partial charge on any atom is -0.505 e. The Morgan fingerprint density at radius 3 is 2.64 bits per heavy atom. The summed E-state index contributed by atoms with van der Waals surface area (Å²) in [5, 5.41) is 10.6. The second kappa shape index (κ2) is 4.60. The summed E-state index contributed by atoms with van der Waals surface area (Å²) >= 11 is 6.65. The fourth-order valence-corrected chi connectivity index (χ4v) is 2.43. The van der Waals surface area contributed by atoms with Crippen LogP contribution in [0.2, 0.25) is 0 Å². The van der Waals surface area contributed by atoms with Crippen LogP contribution in [0.15, 0.2) is 33.3 Å². The van der Waals surface area contributed by atoms with Crippen molar-refractivity contribution in [2.75, 3.05) is 0 Å². The molecule has 0 saturated heterocycles. The molecule has 5 heteroatoms. The zero-order valence-electron chi connectivity index (χ0n) is 6.78. The van der Waals surface area contributed by atoms with Crippen molar-refractivity contribution in [3.63, 3.8) is 0 Å². The first-order valence-electron chi connectivity index (χ1n) is 3.62. The van der Waals surface area contributed by atoms with E-state index in [1.54, 1.807) is 12.3 Å². The van der Waals surface area contributed by atoms with Gasteiger partial charge in [-0.2, -0.15) is 0 Å². The molecule has 76 valence electrons. The summed E-state index contributed by atoms with van der Waals surface area (Å²) in [5.74, 6) is 0.179. The average Bonchev–Trinajstić information content (AvgIpc) is 2.15. The maximum absolute atomic E-state index is 9.65. The molecule has 0 bridgehead atoms. The minimum atomic E-state index is 0. The van der Waals surface area contributed by atoms with E-state index in [1.165, 1.54) is 0 Å². The molecule has 1 aromatic carbocycles. The molecule has 1 aromatic heterocycles. The van der Waals surface area contributed by atoms with Gasteiger partial charge in [-0.15, -0.1) is 0 Å². The van der Waals surface area contributed by atoms with E-state index in [4.69, 9.17) is 0 Å². The molecule has 0 radical (unpaired) electrons. The summed E-state index contributed by atoms with van der Waals surface area (Å²) in [5.41, 5.74) is 0.601. The molecule has 2 nitrogen and oxygen atoms in total. The monoisotopic (exact) mass is 359 g/mol. The van der Waals surface area contributed by atoms with Crippen LogP contribution in [0, 0.1) is 0 Å². The van der Waals surface area contributed by atoms with Gasteiger partial charge in [-0.25, -0.2) is 0 Å². The van der Waals surface area contributed by atoms with Crippen molar-refractivity contribution in [2.24, 2.45) is 0 Å². The maximum Gasteiger partial charge on any atom is 0.156 e. The van der Waals surface area contributed by atoms with Crippen LogP contribution in [0.4, 0.5) is 0 Å². The molecule has 1 heterocycles. The smallest absolute Gasteiger partial charge is 0.156 e. The fourth-order valence-electron chi connectivity index (χ4n) is 1.16. The number of aromatic nitrogens is 1. The quantitative estimate of drug-likeness (QED) is 0.729. The van der Waals surface area contributed by atoms with Gasteiger partial charge in [0.25, 0.3) is 0 Å². The molecule has 2 aromatic rings. The number of rotatable bonds is 0. The Labute approximate surface area is 108 Å². The Kier molecular flexibility index (Phi) is 3.93. The number of nitrogens with zero attached hydrogens (tertiary/aromatic N) is 1. The number of fused-ring (bicyclic) bond motifs is 1. The summed E-state index contributed by atoms with van der Waals surface area (Å²) in [6.45, 7) is 0. The Balaban J connectivity index is 0.000000980. The van der Waals surface area contributed by atoms with Gasteiger partial charge in [0.2, 0.25) is 0 Å². The summed E-state index contributed by atoms with van der Waals surface area (Å²) in [4.78, 5) is 4.09. The van der Waals surface area contributed by atoms with Crippen molar-refractivity contribution in [3.05, 3.63) is 33.3 Å². The van der Waals surface area contributed by atoms with E-state index in [2.05, 4.69) is 36.8 Å². The molecular weight excluding hydrogens is 357 g/mol. The summed E-state index contributed by atoms with van der Waals surface area (Å²) < 4.78 is 1.56. The second-order valence-corrected chi connectivity index (χ2v) is 4.30. The van der Waals surface area contributed by atoms with E-state index in [1.807, 2.05) is 12.1 Å². The van der Waals surface area contributed by atoms with Crippen molar-refractivity contribution in [1.82, 2.24) is 4.98 Å². The van der Waals surface area contributed by atoms with Crippen LogP contribution in [0.1, 0.15) is 0 Å². The largest absolute Gasteiger partial charge is 0.505 e. The van der Waals surface area contributed by atoms with E-state index >= 15 is 0 Å². The Hall–Kier alpha value is -0.116. The third-order valence-corrected chi connectivity index (χ3v) is 3.03. The van der Waals surface area contributed by atoms with Gasteiger partial charge in [0.15, 0.2) is 5.75 Å². The number of halogens is 2. The summed E-state index contributed by atoms with van der Waals surface area (Å²) in [6, 6.07) is 5.54. The van der Waals surface area contributed by atoms with E-state index < -0.39 is 0 Å². The SMILES string of the molecule is Oc1c(Br)cc(Br)c2cccnc12.[Ni]. The molecule has 0 unspecified atom stereocenters. The first-order chi connectivity index (χ1) is 6.20. The average molecular weight is 362 g/mol. The van der Waals surface area contributed by atoms with Crippen molar-refractivity contribution in [2.45, 2.75) is 0 Å². The predicted molar refractivity (Wildman–Crippen MR) is 58.8 cm³/mol. The van der Waals surface area contributed by atoms with Crippen molar-refractivity contribution >= 4 is 42.8 Å². The molecule has 0 spiro atoms. The number of phenols is 1. The van der Waals surface area contributed by atoms with Gasteiger partial charge in [0.05, 0.1) is 4.47 Å². The Bertz CT molecular complexity index is 476. The third-order valence-electron chi connectivity index (χ3n) is 1.77. The molecular formula is C9H5Br2NNiO. The van der Waals surface area contributed by atoms with Gasteiger partial charge in [-0.05, 0) is 28.1 Å². The van der Waals surface area contributed by atoms with E-state index in [9.17, 15) is 5.11 Å². The van der Waals surface area contributed by atoms with E-state index in [0.717, 1.165) is 9.86 Å². The summed E-state index contributed by atoms with van der Waals surface area (Å²) in [6.07, 6.45) is 1.65. The number of pyridine rings is 1. The molecule has 0 atom stereocenters. The number of hydrogen-bond acceptors (Lipinski definition) is 2. The van der Waals surface area contributed by atoms with Gasteiger partial charge in [0, 0.05) is 32.5 Å². The van der Waals surface area contributed by atoms with Gasteiger partial charge < -0.3 is 5.11 Å². The molecule has 0 fully saturated rings. The van der Waals surface area contributed by atoms with Crippen LogP contribution >= 0.6 is 31.9 Å². The maximum atomic E-state index is 9.65. The zero-order chi connectivity index (χ0) is 9.42. The number of aromatic hydroxyl groups is 1. The Morgan fingerprint density at radius 2 is 1.93 bits per heavy atom. The molecule has 1 N–H and O–H groups in total. The Morgan fingerprint density at radius 1 is 1.21 bits per heavy atom. The third kappa shape index (κ3) is 1.95. The van der Waals surface area contributed by atoms with Gasteiger partial charge in [-0.1, -0.05) is 22.0 Å². The fraction of sp³-hybridized carbons (Fsp3) is 0. The van der Waals surface area contributed by atoms with Crippen LogP contribution in [0.5, 0.6) is 5.75 Å². The van der Waals surface area contributed by atoms with Gasteiger partial charge in [-0.3, -0.25) is 4.98 Å². The molecule has 0 saturated carbocycles. The van der Waals surface area contributed by atoms with Crippen LogP contribution in [-0.2, 0) is 16.5 Å². The number of phenolic OH excluding ortho intramolecular Hbond substituents is 1. The van der Waals surface area contributed by atoms with Crippen molar-refractivity contribution < 1.29 is 21.6 Å². The van der Waals surface area contributed by atoms with E-state index in [-0.39, 0.29) is 22.2 Å². The predicted octanol–water partition coefficient (Wildman–Crippen LogP) is 3.46. The molecule has 14 heavy (non-hydrogen) atoms. The molecule has 0 aliphatic rings. The van der Waals surface area contributed by atoms with Crippen LogP contribution in [-0.4, -0.2) is 10.1 Å². The van der Waals surface area contributed by atoms with Gasteiger partial charge in [0.1, 0.15) is 5.52 Å². The molecule has 0 aliphatic carbocycles. The normalized spacial score (nSPS) is 9.86. The van der Waals surface area contributed by atoms with Crippen LogP contribution in [0.3, 0.4) is 0 Å². The second-order valence-electron chi connectivity index (χ2n) is 2.59. The molecule has 2 rings (SSSR count). The number of benzene rings is 1. The van der Waals surface area contributed by atoms with Crippen LogP contribution in [0.25, 0.3) is 10.9 Å². The van der Waals surface area contributed by atoms with Crippen molar-refractivity contribution in [1.29, 1.82) is 0 Å².